The molecule has 1 aromatic heterocycles. The van der Waals surface area contributed by atoms with Crippen molar-refractivity contribution in [1.29, 1.82) is 0 Å². The average Bonchev–Trinajstić information content (AvgIpc) is 3.07. The van der Waals surface area contributed by atoms with Crippen molar-refractivity contribution in [3.8, 4) is 5.75 Å². The molecule has 0 fully saturated rings. The molecule has 1 aliphatic rings. The Morgan fingerprint density at radius 3 is 2.42 bits per heavy atom. The van der Waals surface area contributed by atoms with Crippen molar-refractivity contribution in [3.63, 3.8) is 0 Å². The molecule has 1 aliphatic heterocycles. The summed E-state index contributed by atoms with van der Waals surface area (Å²) in [6.45, 7) is 3.45. The summed E-state index contributed by atoms with van der Waals surface area (Å²) in [6, 6.07) is 9.67. The molecule has 4 rings (SSSR count). The van der Waals surface area contributed by atoms with Gasteiger partial charge in [-0.1, -0.05) is 40.9 Å². The van der Waals surface area contributed by atoms with Crippen LogP contribution in [0.4, 0.5) is 5.69 Å². The molecule has 0 saturated carbocycles. The molecule has 1 unspecified atom stereocenters. The van der Waals surface area contributed by atoms with Gasteiger partial charge in [-0.15, -0.1) is 11.3 Å². The fraction of sp³-hybridized carbons (Fsp3) is 0.174. The van der Waals surface area contributed by atoms with E-state index in [2.05, 4.69) is 0 Å². The normalized spacial score (nSPS) is 14.3. The summed E-state index contributed by atoms with van der Waals surface area (Å²) in [5, 5.41) is 10.5. The van der Waals surface area contributed by atoms with Gasteiger partial charge in [0.25, 0.3) is 5.91 Å². The van der Waals surface area contributed by atoms with Gasteiger partial charge in [0, 0.05) is 26.6 Å². The number of aromatic carboxylic acids is 1. The van der Waals surface area contributed by atoms with Crippen LogP contribution < -0.4 is 9.64 Å². The molecule has 1 N–H and O–H groups in total. The second-order valence-electron chi connectivity index (χ2n) is 7.37. The summed E-state index contributed by atoms with van der Waals surface area (Å²) < 4.78 is 5.99. The van der Waals surface area contributed by atoms with E-state index < -0.39 is 23.9 Å². The molecule has 10 heteroatoms. The molecule has 3 aromatic rings. The minimum atomic E-state index is -1.22. The number of rotatable bonds is 5. The van der Waals surface area contributed by atoms with E-state index in [9.17, 15) is 19.5 Å². The molecule has 2 aromatic carbocycles. The fourth-order valence-electron chi connectivity index (χ4n) is 3.77. The van der Waals surface area contributed by atoms with Gasteiger partial charge in [0.05, 0.1) is 22.7 Å². The van der Waals surface area contributed by atoms with Crippen molar-refractivity contribution >= 4 is 69.6 Å². The number of thiophene rings is 1. The number of carboxylic acid groups (broad SMARTS) is 1. The number of hydrogen-bond donors (Lipinski definition) is 1. The number of carbonyl (C=O) groups excluding carboxylic acids is 2. The Labute approximate surface area is 208 Å². The van der Waals surface area contributed by atoms with Crippen LogP contribution in [0.1, 0.15) is 49.1 Å². The molecule has 0 saturated heterocycles. The Hall–Kier alpha value is -2.58. The molecule has 0 aliphatic carbocycles. The number of ether oxygens (including phenoxy) is 1. The van der Waals surface area contributed by atoms with Crippen molar-refractivity contribution in [2.45, 2.75) is 26.4 Å². The largest absolute Gasteiger partial charge is 0.486 e. The van der Waals surface area contributed by atoms with Gasteiger partial charge >= 0.3 is 5.97 Å². The maximum absolute atomic E-state index is 13.3. The number of aryl methyl sites for hydroxylation is 1. The first kappa shape index (κ1) is 23.6. The highest BCUT2D eigenvalue weighted by Crippen LogP contribution is 2.40. The van der Waals surface area contributed by atoms with Gasteiger partial charge in [-0.3, -0.25) is 9.59 Å². The highest BCUT2D eigenvalue weighted by molar-refractivity contribution is 7.14. The Bertz CT molecular complexity index is 1300. The van der Waals surface area contributed by atoms with Crippen molar-refractivity contribution in [2.24, 2.45) is 0 Å². The Morgan fingerprint density at radius 2 is 1.79 bits per heavy atom. The minimum Gasteiger partial charge on any atom is -0.486 e. The number of imide groups is 1. The SMILES string of the molecule is Cc1sc(C(=O)O)c2c1CC(=O)N(c1cc(OC(C)c3c(Cl)cccc3Cl)ccc1Cl)C2=O. The van der Waals surface area contributed by atoms with Gasteiger partial charge in [0.15, 0.2) is 0 Å². The summed E-state index contributed by atoms with van der Waals surface area (Å²) in [7, 11) is 0. The zero-order valence-electron chi connectivity index (χ0n) is 17.3. The Balaban J connectivity index is 1.72. The zero-order chi connectivity index (χ0) is 24.0. The van der Waals surface area contributed by atoms with Crippen LogP contribution in [0.5, 0.6) is 5.75 Å². The number of hydrogen-bond acceptors (Lipinski definition) is 5. The van der Waals surface area contributed by atoms with Gasteiger partial charge in [-0.25, -0.2) is 9.69 Å². The van der Waals surface area contributed by atoms with E-state index in [0.29, 0.717) is 31.8 Å². The van der Waals surface area contributed by atoms with Crippen LogP contribution in [-0.2, 0) is 11.2 Å². The average molecular weight is 525 g/mol. The molecule has 2 amide bonds. The Morgan fingerprint density at radius 1 is 1.12 bits per heavy atom. The van der Waals surface area contributed by atoms with Crippen LogP contribution in [0.15, 0.2) is 36.4 Å². The predicted molar refractivity (Wildman–Crippen MR) is 128 cm³/mol. The van der Waals surface area contributed by atoms with E-state index in [-0.39, 0.29) is 27.6 Å². The first-order valence-electron chi connectivity index (χ1n) is 9.73. The third-order valence-corrected chi connectivity index (χ3v) is 7.39. The number of halogens is 3. The summed E-state index contributed by atoms with van der Waals surface area (Å²) in [6.07, 6.45) is -0.651. The Kier molecular flexibility index (Phi) is 6.42. The lowest BCUT2D eigenvalue weighted by molar-refractivity contribution is -0.117. The standard InChI is InChI=1S/C23H16Cl3NO5S/c1-10(19-15(25)4-3-5-16(19)26)32-12-6-7-14(24)17(8-12)27-18(28)9-13-11(2)33-21(23(30)31)20(13)22(27)29/h3-8,10H,9H2,1-2H3,(H,30,31). The van der Waals surface area contributed by atoms with Gasteiger partial charge in [0.1, 0.15) is 16.7 Å². The monoisotopic (exact) mass is 523 g/mol. The van der Waals surface area contributed by atoms with Crippen molar-refractivity contribution in [3.05, 3.63) is 77.9 Å². The van der Waals surface area contributed by atoms with E-state index in [1.54, 1.807) is 38.1 Å². The van der Waals surface area contributed by atoms with E-state index in [1.807, 2.05) is 0 Å². The van der Waals surface area contributed by atoms with Crippen LogP contribution >= 0.6 is 46.1 Å². The van der Waals surface area contributed by atoms with E-state index in [4.69, 9.17) is 39.5 Å². The lowest BCUT2D eigenvalue weighted by Crippen LogP contribution is -2.43. The first-order valence-corrected chi connectivity index (χ1v) is 11.7. The van der Waals surface area contributed by atoms with E-state index in [1.165, 1.54) is 12.1 Å². The second-order valence-corrected chi connectivity index (χ2v) is 9.81. The maximum atomic E-state index is 13.3. The van der Waals surface area contributed by atoms with Crippen LogP contribution in [0, 0.1) is 6.92 Å². The number of fused-ring (bicyclic) bond motifs is 1. The molecule has 0 bridgehead atoms. The molecule has 2 heterocycles. The van der Waals surface area contributed by atoms with Crippen molar-refractivity contribution in [2.75, 3.05) is 4.90 Å². The second kappa shape index (κ2) is 8.99. The van der Waals surface area contributed by atoms with Crippen LogP contribution in [-0.4, -0.2) is 22.9 Å². The molecule has 6 nitrogen and oxygen atoms in total. The van der Waals surface area contributed by atoms with Gasteiger partial charge in [0.2, 0.25) is 5.91 Å². The summed E-state index contributed by atoms with van der Waals surface area (Å²) in [4.78, 5) is 39.3. The minimum absolute atomic E-state index is 0.0169. The summed E-state index contributed by atoms with van der Waals surface area (Å²) in [5.74, 6) is -2.14. The molecule has 33 heavy (non-hydrogen) atoms. The molecule has 1 atom stereocenters. The molecular formula is C23H16Cl3NO5S. The van der Waals surface area contributed by atoms with E-state index in [0.717, 1.165) is 16.2 Å². The highest BCUT2D eigenvalue weighted by Gasteiger charge is 2.39. The van der Waals surface area contributed by atoms with Crippen molar-refractivity contribution in [1.82, 2.24) is 0 Å². The number of benzene rings is 2. The third-order valence-electron chi connectivity index (χ3n) is 5.28. The quantitative estimate of drug-likeness (QED) is 0.381. The zero-order valence-corrected chi connectivity index (χ0v) is 20.4. The van der Waals surface area contributed by atoms with Crippen LogP contribution in [0.25, 0.3) is 0 Å². The molecule has 170 valence electrons. The van der Waals surface area contributed by atoms with E-state index >= 15 is 0 Å². The van der Waals surface area contributed by atoms with Crippen LogP contribution in [0.3, 0.4) is 0 Å². The summed E-state index contributed by atoms with van der Waals surface area (Å²) in [5.41, 5.74) is 1.15. The van der Waals surface area contributed by atoms with Gasteiger partial charge < -0.3 is 9.84 Å². The lowest BCUT2D eigenvalue weighted by Gasteiger charge is -2.27. The number of amides is 2. The summed E-state index contributed by atoms with van der Waals surface area (Å²) >= 11 is 19.9. The van der Waals surface area contributed by atoms with Crippen LogP contribution in [0.2, 0.25) is 15.1 Å². The lowest BCUT2D eigenvalue weighted by atomic mass is 9.98. The number of carboxylic acids is 1. The first-order chi connectivity index (χ1) is 15.6. The van der Waals surface area contributed by atoms with Gasteiger partial charge in [-0.2, -0.15) is 0 Å². The molecular weight excluding hydrogens is 509 g/mol. The number of carbonyl (C=O) groups is 3. The molecule has 0 spiro atoms. The third kappa shape index (κ3) is 4.22. The highest BCUT2D eigenvalue weighted by atomic mass is 35.5. The topological polar surface area (TPSA) is 83.9 Å². The number of anilines is 1. The number of nitrogens with zero attached hydrogens (tertiary/aromatic N) is 1. The molecule has 0 radical (unpaired) electrons. The fourth-order valence-corrected chi connectivity index (χ4v) is 5.68. The van der Waals surface area contributed by atoms with Crippen molar-refractivity contribution < 1.29 is 24.2 Å². The smallest absolute Gasteiger partial charge is 0.346 e. The predicted octanol–water partition coefficient (Wildman–Crippen LogP) is 6.58. The maximum Gasteiger partial charge on any atom is 0.346 e. The van der Waals surface area contributed by atoms with Gasteiger partial charge in [-0.05, 0) is 43.7 Å².